The molecule has 0 spiro atoms. The van der Waals surface area contributed by atoms with E-state index in [9.17, 15) is 9.59 Å². The van der Waals surface area contributed by atoms with Crippen molar-refractivity contribution < 1.29 is 9.59 Å². The number of fused-ring (bicyclic) bond motifs is 1. The third-order valence-corrected chi connectivity index (χ3v) is 5.00. The van der Waals surface area contributed by atoms with Crippen molar-refractivity contribution in [1.82, 2.24) is 20.4 Å². The molecule has 1 aliphatic heterocycles. The summed E-state index contributed by atoms with van der Waals surface area (Å²) >= 11 is 5.98. The number of benzene rings is 1. The van der Waals surface area contributed by atoms with Crippen LogP contribution in [-0.2, 0) is 22.6 Å². The molecule has 144 valence electrons. The maximum absolute atomic E-state index is 13.1. The van der Waals surface area contributed by atoms with E-state index in [4.69, 9.17) is 11.6 Å². The van der Waals surface area contributed by atoms with Crippen molar-refractivity contribution >= 4 is 23.4 Å². The quantitative estimate of drug-likeness (QED) is 0.825. The van der Waals surface area contributed by atoms with Crippen LogP contribution in [-0.4, -0.2) is 39.5 Å². The average molecular weight is 389 g/mol. The van der Waals surface area contributed by atoms with Crippen molar-refractivity contribution in [3.05, 3.63) is 40.5 Å². The van der Waals surface area contributed by atoms with E-state index in [1.807, 2.05) is 43.0 Å². The highest BCUT2D eigenvalue weighted by molar-refractivity contribution is 6.30. The molecule has 27 heavy (non-hydrogen) atoms. The molecule has 1 aromatic heterocycles. The molecular formula is C20H25ClN4O2. The Hall–Kier alpha value is -2.34. The molecule has 0 saturated heterocycles. The van der Waals surface area contributed by atoms with Crippen LogP contribution in [0, 0.1) is 5.92 Å². The number of aromatic nitrogens is 2. The summed E-state index contributed by atoms with van der Waals surface area (Å²) in [5.41, 5.74) is 3.90. The van der Waals surface area contributed by atoms with Gasteiger partial charge in [0.15, 0.2) is 0 Å². The molecule has 1 aliphatic rings. The Morgan fingerprint density at radius 1 is 1.30 bits per heavy atom. The van der Waals surface area contributed by atoms with Crippen LogP contribution in [0.2, 0.25) is 5.02 Å². The minimum atomic E-state index is -0.491. The normalized spacial score (nSPS) is 14.8. The second-order valence-corrected chi connectivity index (χ2v) is 7.87. The third-order valence-electron chi connectivity index (χ3n) is 4.75. The SMILES string of the molecule is CC(=O)N[C@@H](CC(C)C)C(=O)N1CCc2[nH]nc(-c3ccc(Cl)cc3)c2C1. The predicted octanol–water partition coefficient (Wildman–Crippen LogP) is 3.17. The van der Waals surface area contributed by atoms with Gasteiger partial charge >= 0.3 is 0 Å². The topological polar surface area (TPSA) is 78.1 Å². The van der Waals surface area contributed by atoms with Gasteiger partial charge in [0.2, 0.25) is 11.8 Å². The lowest BCUT2D eigenvalue weighted by atomic mass is 9.98. The first-order valence-electron chi connectivity index (χ1n) is 9.23. The number of nitrogens with zero attached hydrogens (tertiary/aromatic N) is 2. The van der Waals surface area contributed by atoms with Crippen LogP contribution in [0.3, 0.4) is 0 Å². The molecule has 0 saturated carbocycles. The van der Waals surface area contributed by atoms with E-state index in [0.29, 0.717) is 30.5 Å². The zero-order valence-electron chi connectivity index (χ0n) is 15.9. The monoisotopic (exact) mass is 388 g/mol. The van der Waals surface area contributed by atoms with E-state index in [2.05, 4.69) is 15.5 Å². The molecule has 6 nitrogen and oxygen atoms in total. The number of rotatable bonds is 5. The molecule has 3 rings (SSSR count). The van der Waals surface area contributed by atoms with Gasteiger partial charge in [-0.25, -0.2) is 0 Å². The highest BCUT2D eigenvalue weighted by Gasteiger charge is 2.30. The zero-order chi connectivity index (χ0) is 19.6. The van der Waals surface area contributed by atoms with Crippen LogP contribution >= 0.6 is 11.6 Å². The molecule has 0 unspecified atom stereocenters. The summed E-state index contributed by atoms with van der Waals surface area (Å²) in [4.78, 5) is 26.4. The van der Waals surface area contributed by atoms with Crippen LogP contribution < -0.4 is 5.32 Å². The molecular weight excluding hydrogens is 364 g/mol. The van der Waals surface area contributed by atoms with Crippen molar-refractivity contribution in [2.45, 2.75) is 46.2 Å². The van der Waals surface area contributed by atoms with E-state index in [1.165, 1.54) is 6.92 Å². The molecule has 1 aromatic carbocycles. The van der Waals surface area contributed by atoms with Crippen molar-refractivity contribution in [3.63, 3.8) is 0 Å². The van der Waals surface area contributed by atoms with Gasteiger partial charge in [0.25, 0.3) is 0 Å². The van der Waals surface area contributed by atoms with Gasteiger partial charge in [-0.1, -0.05) is 37.6 Å². The van der Waals surface area contributed by atoms with Crippen LogP contribution in [0.15, 0.2) is 24.3 Å². The number of carbonyl (C=O) groups excluding carboxylic acids is 2. The fourth-order valence-electron chi connectivity index (χ4n) is 3.49. The Bertz CT molecular complexity index is 829. The molecule has 2 heterocycles. The summed E-state index contributed by atoms with van der Waals surface area (Å²) < 4.78 is 0. The second kappa shape index (κ2) is 8.13. The summed E-state index contributed by atoms with van der Waals surface area (Å²) in [7, 11) is 0. The van der Waals surface area contributed by atoms with Gasteiger partial charge in [0, 0.05) is 48.3 Å². The first-order chi connectivity index (χ1) is 12.8. The molecule has 2 aromatic rings. The maximum atomic E-state index is 13.1. The Labute approximate surface area is 164 Å². The van der Waals surface area contributed by atoms with E-state index in [1.54, 1.807) is 0 Å². The van der Waals surface area contributed by atoms with E-state index >= 15 is 0 Å². The highest BCUT2D eigenvalue weighted by Crippen LogP contribution is 2.29. The van der Waals surface area contributed by atoms with Gasteiger partial charge in [-0.2, -0.15) is 5.10 Å². The van der Waals surface area contributed by atoms with Crippen LogP contribution in [0.5, 0.6) is 0 Å². The number of carbonyl (C=O) groups is 2. The molecule has 2 amide bonds. The predicted molar refractivity (Wildman–Crippen MR) is 105 cm³/mol. The minimum absolute atomic E-state index is 0.0344. The molecule has 0 fully saturated rings. The minimum Gasteiger partial charge on any atom is -0.345 e. The number of nitrogens with one attached hydrogen (secondary N) is 2. The Morgan fingerprint density at radius 3 is 2.63 bits per heavy atom. The fourth-order valence-corrected chi connectivity index (χ4v) is 3.61. The number of hydrogen-bond acceptors (Lipinski definition) is 3. The van der Waals surface area contributed by atoms with Gasteiger partial charge in [-0.3, -0.25) is 14.7 Å². The van der Waals surface area contributed by atoms with Gasteiger partial charge < -0.3 is 10.2 Å². The summed E-state index contributed by atoms with van der Waals surface area (Å²) in [6, 6.07) is 7.03. The summed E-state index contributed by atoms with van der Waals surface area (Å²) in [6.45, 7) is 6.64. The molecule has 0 aliphatic carbocycles. The van der Waals surface area contributed by atoms with Gasteiger partial charge in [-0.15, -0.1) is 0 Å². The summed E-state index contributed by atoms with van der Waals surface area (Å²) in [5.74, 6) is 0.0920. The number of aromatic amines is 1. The van der Waals surface area contributed by atoms with Crippen LogP contribution in [0.4, 0.5) is 0 Å². The summed E-state index contributed by atoms with van der Waals surface area (Å²) in [5, 5.41) is 11.0. The second-order valence-electron chi connectivity index (χ2n) is 7.43. The van der Waals surface area contributed by atoms with E-state index in [-0.39, 0.29) is 11.8 Å². The number of halogens is 1. The zero-order valence-corrected chi connectivity index (χ0v) is 16.6. The van der Waals surface area contributed by atoms with E-state index in [0.717, 1.165) is 28.9 Å². The fraction of sp³-hybridized carbons (Fsp3) is 0.450. The van der Waals surface area contributed by atoms with Crippen molar-refractivity contribution in [2.24, 2.45) is 5.92 Å². The lowest BCUT2D eigenvalue weighted by molar-refractivity contribution is -0.137. The van der Waals surface area contributed by atoms with Crippen molar-refractivity contribution in [1.29, 1.82) is 0 Å². The highest BCUT2D eigenvalue weighted by atomic mass is 35.5. The smallest absolute Gasteiger partial charge is 0.245 e. The number of H-pyrrole nitrogens is 1. The molecule has 0 bridgehead atoms. The lowest BCUT2D eigenvalue weighted by Gasteiger charge is -2.31. The maximum Gasteiger partial charge on any atom is 0.245 e. The number of amides is 2. The average Bonchev–Trinajstić information content (AvgIpc) is 3.03. The molecule has 2 N–H and O–H groups in total. The molecule has 1 atom stereocenters. The van der Waals surface area contributed by atoms with E-state index < -0.39 is 6.04 Å². The first-order valence-corrected chi connectivity index (χ1v) is 9.61. The van der Waals surface area contributed by atoms with Crippen molar-refractivity contribution in [3.8, 4) is 11.3 Å². The Balaban J connectivity index is 1.82. The largest absolute Gasteiger partial charge is 0.345 e. The molecule has 0 radical (unpaired) electrons. The van der Waals surface area contributed by atoms with Gasteiger partial charge in [-0.05, 0) is 24.5 Å². The standard InChI is InChI=1S/C20H25ClN4O2/c1-12(2)10-18(22-13(3)26)20(27)25-9-8-17-16(11-25)19(24-23-17)14-4-6-15(21)7-5-14/h4-7,12,18H,8-11H2,1-3H3,(H,22,26)(H,23,24)/t18-/m0/s1. The lowest BCUT2D eigenvalue weighted by Crippen LogP contribution is -2.49. The van der Waals surface area contributed by atoms with Gasteiger partial charge in [0.1, 0.15) is 6.04 Å². The van der Waals surface area contributed by atoms with Crippen LogP contribution in [0.1, 0.15) is 38.4 Å². The number of hydrogen-bond donors (Lipinski definition) is 2. The summed E-state index contributed by atoms with van der Waals surface area (Å²) in [6.07, 6.45) is 1.34. The van der Waals surface area contributed by atoms with Gasteiger partial charge in [0.05, 0.1) is 5.69 Å². The third kappa shape index (κ3) is 4.50. The Morgan fingerprint density at radius 2 is 2.00 bits per heavy atom. The first kappa shape index (κ1) is 19.4. The van der Waals surface area contributed by atoms with Crippen LogP contribution in [0.25, 0.3) is 11.3 Å². The Kier molecular flexibility index (Phi) is 5.85. The van der Waals surface area contributed by atoms with Crippen molar-refractivity contribution in [2.75, 3.05) is 6.54 Å². The molecule has 7 heteroatoms.